The lowest BCUT2D eigenvalue weighted by Gasteiger charge is -2.41. The molecule has 17 atom stereocenters. The van der Waals surface area contributed by atoms with Gasteiger partial charge in [-0.25, -0.2) is 0 Å². The van der Waals surface area contributed by atoms with Crippen LogP contribution in [0, 0.1) is 59.2 Å². The lowest BCUT2D eigenvalue weighted by Crippen LogP contribution is -2.39. The third kappa shape index (κ3) is 6.32. The van der Waals surface area contributed by atoms with Crippen LogP contribution in [0.25, 0.3) is 0 Å². The SMILES string of the molecule is C1=CCCC(N2C3CCC(C4C=CC5C(C4)C4CC(C6C=CC7C(C6)C6CCC=CC6N7C6=CC7=C(CC6)C6CCC=CC6S7)C=CC4N5C4=CC=CCC4)C=C3C3CCC=CC32)=C1. The van der Waals surface area contributed by atoms with Crippen molar-refractivity contribution in [1.29, 1.82) is 0 Å². The molecule has 0 saturated carbocycles. The van der Waals surface area contributed by atoms with Crippen LogP contribution in [-0.4, -0.2) is 56.2 Å². The first-order valence-electron chi connectivity index (χ1n) is 26.7. The Hall–Kier alpha value is -3.63. The van der Waals surface area contributed by atoms with Crippen LogP contribution in [0.5, 0.6) is 0 Å². The standard InChI is InChI=1S/C60H71N3S/c1-3-13-42(14-4-1)61-53-20-10-7-17-45(53)49-33-38(23-29-55(49)61)40-25-31-57-51(35-40)52-36-41(26-32-58(52)62(57)43-15-5-2-6-16-43)39-24-30-56-50(34-39)46-18-8-11-21-54(46)63(56)44-27-28-48-47-19-9-12-22-59(47)64-60(48)37-44/h1-3,5,10-13,15,20-22,24-26,30-33,37-41,45-47,50-59H,4,6-9,14,16-19,23,27-29,34-36H2. The molecular formula is C60H71N3S. The summed E-state index contributed by atoms with van der Waals surface area (Å²) in [6.07, 6.45) is 73.6. The molecule has 0 aromatic heterocycles. The summed E-state index contributed by atoms with van der Waals surface area (Å²) in [4.78, 5) is 10.4. The van der Waals surface area contributed by atoms with Gasteiger partial charge in [-0.3, -0.25) is 0 Å². The van der Waals surface area contributed by atoms with Crippen molar-refractivity contribution in [1.82, 2.24) is 14.7 Å². The molecule has 0 bridgehead atoms. The molecule has 0 spiro atoms. The van der Waals surface area contributed by atoms with Crippen LogP contribution < -0.4 is 0 Å². The van der Waals surface area contributed by atoms with Crippen LogP contribution in [0.4, 0.5) is 0 Å². The Morgan fingerprint density at radius 3 is 1.73 bits per heavy atom. The fourth-order valence-electron chi connectivity index (χ4n) is 17.2. The first kappa shape index (κ1) is 39.5. The van der Waals surface area contributed by atoms with Gasteiger partial charge >= 0.3 is 0 Å². The van der Waals surface area contributed by atoms with Crippen molar-refractivity contribution in [3.05, 3.63) is 155 Å². The Kier molecular flexibility index (Phi) is 9.89. The van der Waals surface area contributed by atoms with Crippen LogP contribution in [-0.2, 0) is 0 Å². The molecule has 14 rings (SSSR count). The van der Waals surface area contributed by atoms with Gasteiger partial charge in [0.1, 0.15) is 0 Å². The Balaban J connectivity index is 0.733. The molecule has 64 heavy (non-hydrogen) atoms. The van der Waals surface area contributed by atoms with Crippen molar-refractivity contribution in [2.24, 2.45) is 59.2 Å². The summed E-state index contributed by atoms with van der Waals surface area (Å²) in [6, 6.07) is 3.40. The lowest BCUT2D eigenvalue weighted by molar-refractivity contribution is 0.191. The molecule has 4 heteroatoms. The summed E-state index contributed by atoms with van der Waals surface area (Å²) in [5.74, 6) is 7.21. The summed E-state index contributed by atoms with van der Waals surface area (Å²) in [5.41, 5.74) is 8.47. The van der Waals surface area contributed by atoms with Gasteiger partial charge in [0.05, 0.1) is 36.3 Å². The van der Waals surface area contributed by atoms with Gasteiger partial charge in [-0.05, 0) is 186 Å². The number of nitrogens with zero attached hydrogens (tertiary/aromatic N) is 3. The summed E-state index contributed by atoms with van der Waals surface area (Å²) in [7, 11) is 0. The minimum Gasteiger partial charge on any atom is -0.361 e. The van der Waals surface area contributed by atoms with Gasteiger partial charge in [0.15, 0.2) is 0 Å². The third-order valence-corrected chi connectivity index (χ3v) is 21.3. The first-order chi connectivity index (χ1) is 31.7. The molecule has 3 nitrogen and oxygen atoms in total. The molecule has 332 valence electrons. The number of hydrogen-bond donors (Lipinski definition) is 0. The Labute approximate surface area is 389 Å². The highest BCUT2D eigenvalue weighted by Gasteiger charge is 2.55. The van der Waals surface area contributed by atoms with E-state index in [1.54, 1.807) is 27.6 Å². The van der Waals surface area contributed by atoms with Crippen molar-refractivity contribution in [3.8, 4) is 0 Å². The van der Waals surface area contributed by atoms with E-state index in [2.05, 4.69) is 148 Å². The molecule has 10 aliphatic carbocycles. The van der Waals surface area contributed by atoms with Crippen LogP contribution in [0.15, 0.2) is 155 Å². The monoisotopic (exact) mass is 866 g/mol. The normalized spacial score (nSPS) is 45.5. The summed E-state index contributed by atoms with van der Waals surface area (Å²) in [5, 5.41) is 0.690. The molecule has 14 aliphatic rings. The van der Waals surface area contributed by atoms with Gasteiger partial charge in [0, 0.05) is 33.2 Å². The highest BCUT2D eigenvalue weighted by atomic mass is 32.2. The number of rotatable bonds is 5. The van der Waals surface area contributed by atoms with E-state index in [0.29, 0.717) is 71.1 Å². The molecule has 0 aromatic carbocycles. The maximum Gasteiger partial charge on any atom is 0.0542 e. The van der Waals surface area contributed by atoms with Crippen LogP contribution >= 0.6 is 11.8 Å². The van der Waals surface area contributed by atoms with E-state index in [1.165, 1.54) is 109 Å². The molecule has 3 fully saturated rings. The van der Waals surface area contributed by atoms with E-state index >= 15 is 0 Å². The van der Waals surface area contributed by atoms with E-state index < -0.39 is 0 Å². The van der Waals surface area contributed by atoms with Gasteiger partial charge in [-0.2, -0.15) is 0 Å². The summed E-state index contributed by atoms with van der Waals surface area (Å²) >= 11 is 2.19. The van der Waals surface area contributed by atoms with Crippen molar-refractivity contribution in [2.75, 3.05) is 0 Å². The predicted octanol–water partition coefficient (Wildman–Crippen LogP) is 13.5. The minimum atomic E-state index is 0.540. The predicted molar refractivity (Wildman–Crippen MR) is 265 cm³/mol. The fourth-order valence-corrected chi connectivity index (χ4v) is 18.7. The second-order valence-electron chi connectivity index (χ2n) is 22.7. The van der Waals surface area contributed by atoms with E-state index in [-0.39, 0.29) is 0 Å². The minimum absolute atomic E-state index is 0.540. The van der Waals surface area contributed by atoms with Crippen molar-refractivity contribution in [3.63, 3.8) is 0 Å². The van der Waals surface area contributed by atoms with Gasteiger partial charge in [0.2, 0.25) is 0 Å². The molecule has 0 N–H and O–H groups in total. The van der Waals surface area contributed by atoms with Crippen LogP contribution in [0.2, 0.25) is 0 Å². The number of thioether (sulfide) groups is 1. The Morgan fingerprint density at radius 1 is 0.438 bits per heavy atom. The lowest BCUT2D eigenvalue weighted by atomic mass is 9.64. The van der Waals surface area contributed by atoms with Gasteiger partial charge in [0.25, 0.3) is 0 Å². The van der Waals surface area contributed by atoms with Crippen molar-refractivity contribution >= 4 is 11.8 Å². The van der Waals surface area contributed by atoms with Crippen LogP contribution in [0.1, 0.15) is 109 Å². The topological polar surface area (TPSA) is 9.72 Å². The van der Waals surface area contributed by atoms with Crippen molar-refractivity contribution in [2.45, 2.75) is 151 Å². The van der Waals surface area contributed by atoms with E-state index in [9.17, 15) is 0 Å². The average Bonchev–Trinajstić information content (AvgIpc) is 4.10. The van der Waals surface area contributed by atoms with E-state index in [4.69, 9.17) is 0 Å². The smallest absolute Gasteiger partial charge is 0.0542 e. The molecule has 0 amide bonds. The average molecular weight is 866 g/mol. The zero-order chi connectivity index (χ0) is 41.9. The highest BCUT2D eigenvalue weighted by Crippen LogP contribution is 2.58. The molecule has 0 radical (unpaired) electrons. The quantitative estimate of drug-likeness (QED) is 0.255. The summed E-state index contributed by atoms with van der Waals surface area (Å²) in [6.45, 7) is 0. The second-order valence-corrected chi connectivity index (χ2v) is 23.9. The van der Waals surface area contributed by atoms with Crippen molar-refractivity contribution < 1.29 is 0 Å². The van der Waals surface area contributed by atoms with Gasteiger partial charge in [-0.1, -0.05) is 109 Å². The number of hydrogen-bond acceptors (Lipinski definition) is 4. The van der Waals surface area contributed by atoms with Gasteiger partial charge in [-0.15, -0.1) is 11.8 Å². The van der Waals surface area contributed by atoms with E-state index in [0.717, 1.165) is 29.6 Å². The molecular weight excluding hydrogens is 795 g/mol. The maximum atomic E-state index is 2.97. The fraction of sp³-hybridized carbons (Fsp3) is 0.567. The van der Waals surface area contributed by atoms with Crippen LogP contribution in [0.3, 0.4) is 0 Å². The molecule has 3 saturated heterocycles. The zero-order valence-electron chi connectivity index (χ0n) is 38.1. The number of fused-ring (bicyclic) bond motifs is 11. The third-order valence-electron chi connectivity index (χ3n) is 19.9. The number of allylic oxidation sites excluding steroid dienone is 18. The second kappa shape index (κ2) is 16.0. The first-order valence-corrected chi connectivity index (χ1v) is 27.5. The molecule has 4 aliphatic heterocycles. The Bertz CT molecular complexity index is 2320. The highest BCUT2D eigenvalue weighted by molar-refractivity contribution is 8.04. The summed E-state index contributed by atoms with van der Waals surface area (Å²) < 4.78 is 0. The zero-order valence-corrected chi connectivity index (χ0v) is 38.9. The molecule has 0 aromatic rings. The number of likely N-dealkylation sites (tertiary alicyclic amines) is 3. The van der Waals surface area contributed by atoms with Gasteiger partial charge < -0.3 is 14.7 Å². The van der Waals surface area contributed by atoms with E-state index in [1.807, 2.05) is 5.57 Å². The molecule has 4 heterocycles. The maximum absolute atomic E-state index is 2.97. The Morgan fingerprint density at radius 2 is 1.03 bits per heavy atom. The molecule has 17 unspecified atom stereocenters. The largest absolute Gasteiger partial charge is 0.361 e.